The molecule has 0 saturated heterocycles. The molecule has 0 N–H and O–H groups in total. The quantitative estimate of drug-likeness (QED) is 0.506. The summed E-state index contributed by atoms with van der Waals surface area (Å²) in [5.41, 5.74) is 2.68. The average Bonchev–Trinajstić information content (AvgIpc) is 2.29. The van der Waals surface area contributed by atoms with Crippen molar-refractivity contribution in [1.82, 2.24) is 0 Å². The van der Waals surface area contributed by atoms with Crippen LogP contribution in [0.3, 0.4) is 0 Å². The Morgan fingerprint density at radius 3 is 2.73 bits per heavy atom. The van der Waals surface area contributed by atoms with Crippen LogP contribution in [0.15, 0.2) is 64.8 Å². The lowest BCUT2D eigenvalue weighted by atomic mass is 10.1. The van der Waals surface area contributed by atoms with Gasteiger partial charge < -0.3 is 0 Å². The molecule has 0 bridgehead atoms. The van der Waals surface area contributed by atoms with Crippen LogP contribution in [0, 0.1) is 6.58 Å². The maximum atomic E-state index is 5.79. The van der Waals surface area contributed by atoms with Crippen molar-refractivity contribution < 1.29 is 0 Å². The Hall–Kier alpha value is -1.98. The van der Waals surface area contributed by atoms with Crippen LogP contribution in [0.25, 0.3) is 0 Å². The molecule has 15 heavy (non-hydrogen) atoms. The molecule has 2 rings (SSSR count). The number of hydrogen-bond donors (Lipinski definition) is 0. The standard InChI is InChI=1S/C14H12N/c1-12-7-5-6-10-14(12)15-11-13-8-3-2-4-9-13/h1-5,7-11H,6H2/q+1. The van der Waals surface area contributed by atoms with Gasteiger partial charge in [-0.3, -0.25) is 0 Å². The van der Waals surface area contributed by atoms with Gasteiger partial charge in [-0.1, -0.05) is 30.3 Å². The highest BCUT2D eigenvalue weighted by Crippen LogP contribution is 2.16. The molecule has 0 atom stereocenters. The third-order valence-electron chi connectivity index (χ3n) is 2.19. The number of aliphatic imine (C=N–C) groups is 1. The Kier molecular flexibility index (Phi) is 2.87. The summed E-state index contributed by atoms with van der Waals surface area (Å²) < 4.78 is 0. The highest BCUT2D eigenvalue weighted by molar-refractivity contribution is 5.80. The monoisotopic (exact) mass is 194 g/mol. The Labute approximate surface area is 90.2 Å². The lowest BCUT2D eigenvalue weighted by molar-refractivity contribution is 1.22. The van der Waals surface area contributed by atoms with Crippen molar-refractivity contribution in [2.24, 2.45) is 4.99 Å². The summed E-state index contributed by atoms with van der Waals surface area (Å²) in [6, 6.07) is 9.99. The van der Waals surface area contributed by atoms with Crippen molar-refractivity contribution in [2.45, 2.75) is 6.42 Å². The van der Waals surface area contributed by atoms with Crippen LogP contribution in [0.2, 0.25) is 0 Å². The molecule has 72 valence electrons. The summed E-state index contributed by atoms with van der Waals surface area (Å²) in [5.74, 6) is 0. The molecule has 0 heterocycles. The van der Waals surface area contributed by atoms with E-state index in [1.54, 1.807) is 0 Å². The van der Waals surface area contributed by atoms with Gasteiger partial charge in [0.05, 0.1) is 12.3 Å². The highest BCUT2D eigenvalue weighted by atomic mass is 14.7. The first kappa shape index (κ1) is 9.57. The largest absolute Gasteiger partial charge is 0.206 e. The molecule has 1 aromatic rings. The number of nitrogens with zero attached hydrogens (tertiary/aromatic N) is 1. The molecule has 0 aliphatic heterocycles. The molecule has 0 aromatic heterocycles. The van der Waals surface area contributed by atoms with Crippen LogP contribution >= 0.6 is 0 Å². The zero-order valence-corrected chi connectivity index (χ0v) is 8.43. The lowest BCUT2D eigenvalue weighted by Crippen LogP contribution is -1.88. The molecule has 1 nitrogen and oxygen atoms in total. The third-order valence-corrected chi connectivity index (χ3v) is 2.19. The number of benzene rings is 1. The second-order valence-corrected chi connectivity index (χ2v) is 3.35. The van der Waals surface area contributed by atoms with Crippen molar-refractivity contribution >= 4 is 6.21 Å². The summed E-state index contributed by atoms with van der Waals surface area (Å²) in [5, 5.41) is 0. The van der Waals surface area contributed by atoms with Crippen molar-refractivity contribution in [2.75, 3.05) is 0 Å². The first-order chi connectivity index (χ1) is 7.36. The van der Waals surface area contributed by atoms with Gasteiger partial charge in [0, 0.05) is 19.1 Å². The summed E-state index contributed by atoms with van der Waals surface area (Å²) >= 11 is 0. The van der Waals surface area contributed by atoms with Crippen LogP contribution in [0.4, 0.5) is 0 Å². The highest BCUT2D eigenvalue weighted by Gasteiger charge is 2.10. The maximum absolute atomic E-state index is 5.79. The third kappa shape index (κ3) is 2.49. The summed E-state index contributed by atoms with van der Waals surface area (Å²) in [6.07, 6.45) is 8.68. The van der Waals surface area contributed by atoms with E-state index in [0.29, 0.717) is 0 Å². The predicted octanol–water partition coefficient (Wildman–Crippen LogP) is 3.31. The Balaban J connectivity index is 2.12. The maximum Gasteiger partial charge on any atom is 0.206 e. The van der Waals surface area contributed by atoms with Gasteiger partial charge in [-0.25, -0.2) is 0 Å². The van der Waals surface area contributed by atoms with Gasteiger partial charge in [0.1, 0.15) is 0 Å². The fourth-order valence-electron chi connectivity index (χ4n) is 1.39. The molecule has 1 heteroatoms. The number of hydrogen-bond acceptors (Lipinski definition) is 1. The molecular formula is C14H12N+. The molecular weight excluding hydrogens is 182 g/mol. The number of allylic oxidation sites excluding steroid dienone is 3. The van der Waals surface area contributed by atoms with Crippen molar-refractivity contribution in [3.63, 3.8) is 0 Å². The Morgan fingerprint density at radius 1 is 1.20 bits per heavy atom. The van der Waals surface area contributed by atoms with Gasteiger partial charge in [0.2, 0.25) is 5.57 Å². The zero-order chi connectivity index (χ0) is 10.5. The molecule has 0 amide bonds. The van der Waals surface area contributed by atoms with E-state index in [0.717, 1.165) is 23.3 Å². The van der Waals surface area contributed by atoms with E-state index in [2.05, 4.69) is 4.99 Å². The molecule has 0 radical (unpaired) electrons. The SMILES string of the molecule is [CH+]=C1C=CCC=C1N=Cc1ccccc1. The molecule has 1 aromatic carbocycles. The topological polar surface area (TPSA) is 12.4 Å². The molecule has 0 unspecified atom stereocenters. The summed E-state index contributed by atoms with van der Waals surface area (Å²) in [6.45, 7) is 5.79. The molecule has 1 aliphatic rings. The van der Waals surface area contributed by atoms with Crippen molar-refractivity contribution in [1.29, 1.82) is 0 Å². The first-order valence-corrected chi connectivity index (χ1v) is 4.95. The van der Waals surface area contributed by atoms with E-state index in [4.69, 9.17) is 6.58 Å². The Bertz CT molecular complexity index is 436. The summed E-state index contributed by atoms with van der Waals surface area (Å²) in [7, 11) is 0. The van der Waals surface area contributed by atoms with E-state index >= 15 is 0 Å². The van der Waals surface area contributed by atoms with Gasteiger partial charge in [0.15, 0.2) is 5.70 Å². The van der Waals surface area contributed by atoms with Crippen molar-refractivity contribution in [3.8, 4) is 0 Å². The van der Waals surface area contributed by atoms with Crippen LogP contribution < -0.4 is 0 Å². The number of rotatable bonds is 2. The van der Waals surface area contributed by atoms with Gasteiger partial charge >= 0.3 is 0 Å². The molecule has 0 saturated carbocycles. The predicted molar refractivity (Wildman–Crippen MR) is 63.7 cm³/mol. The van der Waals surface area contributed by atoms with E-state index in [1.165, 1.54) is 0 Å². The molecule has 0 spiro atoms. The lowest BCUT2D eigenvalue weighted by Gasteiger charge is -1.95. The van der Waals surface area contributed by atoms with E-state index in [-0.39, 0.29) is 0 Å². The van der Waals surface area contributed by atoms with Gasteiger partial charge in [0.25, 0.3) is 0 Å². The van der Waals surface area contributed by atoms with Gasteiger partial charge in [-0.2, -0.15) is 4.99 Å². The minimum absolute atomic E-state index is 0.730. The van der Waals surface area contributed by atoms with Crippen LogP contribution in [-0.4, -0.2) is 6.21 Å². The summed E-state index contributed by atoms with van der Waals surface area (Å²) in [4.78, 5) is 4.36. The van der Waals surface area contributed by atoms with E-state index in [9.17, 15) is 0 Å². The van der Waals surface area contributed by atoms with Crippen LogP contribution in [0.1, 0.15) is 12.0 Å². The minimum atomic E-state index is 0.730. The minimum Gasteiger partial charge on any atom is -0.189 e. The average molecular weight is 194 g/mol. The fourth-order valence-corrected chi connectivity index (χ4v) is 1.39. The van der Waals surface area contributed by atoms with Crippen LogP contribution in [-0.2, 0) is 0 Å². The fraction of sp³-hybridized carbons (Fsp3) is 0.0714. The first-order valence-electron chi connectivity index (χ1n) is 4.95. The van der Waals surface area contributed by atoms with Crippen molar-refractivity contribution in [3.05, 3.63) is 72.0 Å². The second kappa shape index (κ2) is 4.50. The van der Waals surface area contributed by atoms with E-state index in [1.807, 2.05) is 54.8 Å². The Morgan fingerprint density at radius 2 is 2.00 bits per heavy atom. The van der Waals surface area contributed by atoms with Gasteiger partial charge in [-0.15, -0.1) is 0 Å². The van der Waals surface area contributed by atoms with E-state index < -0.39 is 0 Å². The zero-order valence-electron chi connectivity index (χ0n) is 8.43. The molecule has 1 aliphatic carbocycles. The normalized spacial score (nSPS) is 15.7. The van der Waals surface area contributed by atoms with Gasteiger partial charge in [-0.05, 0) is 11.6 Å². The second-order valence-electron chi connectivity index (χ2n) is 3.35. The molecule has 0 fully saturated rings. The smallest absolute Gasteiger partial charge is 0.189 e. The van der Waals surface area contributed by atoms with Crippen LogP contribution in [0.5, 0.6) is 0 Å².